The lowest BCUT2D eigenvalue weighted by Crippen LogP contribution is -2.22. The van der Waals surface area contributed by atoms with Gasteiger partial charge in [0.1, 0.15) is 0 Å². The molecule has 6 heteroatoms. The molecule has 2 heterocycles. The molecule has 0 saturated carbocycles. The molecule has 0 unspecified atom stereocenters. The molecule has 0 saturated heterocycles. The van der Waals surface area contributed by atoms with Gasteiger partial charge >= 0.3 is 0 Å². The molecule has 17 heavy (non-hydrogen) atoms. The van der Waals surface area contributed by atoms with Crippen LogP contribution >= 0.6 is 27.3 Å². The molecule has 2 aromatic rings. The van der Waals surface area contributed by atoms with Gasteiger partial charge in [0.2, 0.25) is 0 Å². The zero-order valence-corrected chi connectivity index (χ0v) is 12.4. The van der Waals surface area contributed by atoms with Crippen molar-refractivity contribution in [3.05, 3.63) is 21.2 Å². The van der Waals surface area contributed by atoms with Crippen molar-refractivity contribution >= 4 is 27.3 Å². The molecule has 2 aromatic heterocycles. The van der Waals surface area contributed by atoms with Crippen molar-refractivity contribution in [3.63, 3.8) is 0 Å². The zero-order chi connectivity index (χ0) is 12.4. The maximum absolute atomic E-state index is 5.24. The summed E-state index contributed by atoms with van der Waals surface area (Å²) in [7, 11) is 0. The zero-order valence-electron chi connectivity index (χ0n) is 9.95. The van der Waals surface area contributed by atoms with Gasteiger partial charge in [-0.3, -0.25) is 0 Å². The summed E-state index contributed by atoms with van der Waals surface area (Å²) in [5.74, 6) is 1.28. The average molecular weight is 316 g/mol. The maximum Gasteiger partial charge on any atom is 0.268 e. The molecule has 0 radical (unpaired) electrons. The van der Waals surface area contributed by atoms with Gasteiger partial charge in [-0.1, -0.05) is 19.0 Å². The van der Waals surface area contributed by atoms with E-state index in [1.54, 1.807) is 11.3 Å². The molecule has 0 amide bonds. The number of aromatic nitrogens is 2. The van der Waals surface area contributed by atoms with E-state index in [0.717, 1.165) is 8.66 Å². The number of nitrogens with zero attached hydrogens (tertiary/aromatic N) is 2. The van der Waals surface area contributed by atoms with Crippen molar-refractivity contribution in [2.45, 2.75) is 33.4 Å². The molecule has 0 fully saturated rings. The lowest BCUT2D eigenvalue weighted by atomic mass is 10.3. The van der Waals surface area contributed by atoms with Gasteiger partial charge < -0.3 is 9.84 Å². The van der Waals surface area contributed by atoms with Crippen LogP contribution in [0.4, 0.5) is 0 Å². The fourth-order valence-corrected chi connectivity index (χ4v) is 2.74. The van der Waals surface area contributed by atoms with Crippen LogP contribution in [0.25, 0.3) is 10.8 Å². The highest BCUT2D eigenvalue weighted by molar-refractivity contribution is 9.11. The number of halogens is 1. The molecule has 0 aliphatic carbocycles. The highest BCUT2D eigenvalue weighted by Crippen LogP contribution is 2.33. The Morgan fingerprint density at radius 1 is 1.53 bits per heavy atom. The quantitative estimate of drug-likeness (QED) is 0.939. The van der Waals surface area contributed by atoms with Crippen LogP contribution in [0.2, 0.25) is 0 Å². The summed E-state index contributed by atoms with van der Waals surface area (Å²) in [6.07, 6.45) is 0. The number of nitrogens with one attached hydrogen (secondary N) is 1. The number of hydrogen-bond donors (Lipinski definition) is 1. The smallest absolute Gasteiger partial charge is 0.268 e. The molecule has 4 nitrogen and oxygen atoms in total. The summed E-state index contributed by atoms with van der Waals surface area (Å²) < 4.78 is 6.34. The van der Waals surface area contributed by atoms with Gasteiger partial charge in [0, 0.05) is 6.04 Å². The minimum Gasteiger partial charge on any atom is -0.333 e. The SMILES string of the molecule is Cc1cc(-c2nc(CNC(C)C)no2)sc1Br. The molecule has 92 valence electrons. The first-order valence-corrected chi connectivity index (χ1v) is 6.99. The fourth-order valence-electron chi connectivity index (χ4n) is 1.29. The molecule has 1 N–H and O–H groups in total. The van der Waals surface area contributed by atoms with Crippen molar-refractivity contribution in [1.29, 1.82) is 0 Å². The van der Waals surface area contributed by atoms with E-state index in [2.05, 4.69) is 45.2 Å². The van der Waals surface area contributed by atoms with E-state index in [-0.39, 0.29) is 0 Å². The molecule has 0 aromatic carbocycles. The number of thiophene rings is 1. The Labute approximate surface area is 113 Å². The minimum absolute atomic E-state index is 0.412. The largest absolute Gasteiger partial charge is 0.333 e. The predicted molar refractivity (Wildman–Crippen MR) is 72.0 cm³/mol. The van der Waals surface area contributed by atoms with Gasteiger partial charge in [-0.25, -0.2) is 0 Å². The monoisotopic (exact) mass is 315 g/mol. The molecule has 0 aliphatic heterocycles. The Bertz CT molecular complexity index is 487. The normalized spacial score (nSPS) is 11.4. The first-order valence-electron chi connectivity index (χ1n) is 5.38. The van der Waals surface area contributed by atoms with E-state index < -0.39 is 0 Å². The predicted octanol–water partition coefficient (Wildman–Crippen LogP) is 3.37. The summed E-state index contributed by atoms with van der Waals surface area (Å²) in [6, 6.07) is 2.46. The lowest BCUT2D eigenvalue weighted by Gasteiger charge is -2.02. The molecular weight excluding hydrogens is 302 g/mol. The van der Waals surface area contributed by atoms with Crippen LogP contribution < -0.4 is 5.32 Å². The van der Waals surface area contributed by atoms with Gasteiger partial charge in [-0.05, 0) is 34.5 Å². The molecule has 2 rings (SSSR count). The Morgan fingerprint density at radius 3 is 2.88 bits per heavy atom. The Hall–Kier alpha value is -0.720. The molecule has 0 bridgehead atoms. The topological polar surface area (TPSA) is 51.0 Å². The van der Waals surface area contributed by atoms with Crippen molar-refractivity contribution in [2.75, 3.05) is 0 Å². The minimum atomic E-state index is 0.412. The van der Waals surface area contributed by atoms with E-state index in [1.165, 1.54) is 5.56 Å². The van der Waals surface area contributed by atoms with E-state index in [0.29, 0.717) is 24.3 Å². The van der Waals surface area contributed by atoms with Gasteiger partial charge in [0.25, 0.3) is 5.89 Å². The molecule has 0 spiro atoms. The standard InChI is InChI=1S/C11H14BrN3OS/c1-6(2)13-5-9-14-11(16-15-9)8-4-7(3)10(12)17-8/h4,6,13H,5H2,1-3H3. The van der Waals surface area contributed by atoms with Crippen LogP contribution in [-0.4, -0.2) is 16.2 Å². The fraction of sp³-hybridized carbons (Fsp3) is 0.455. The third-order valence-corrected chi connectivity index (χ3v) is 4.33. The van der Waals surface area contributed by atoms with Gasteiger partial charge in [0.05, 0.1) is 15.2 Å². The Balaban J connectivity index is 2.12. The second-order valence-electron chi connectivity index (χ2n) is 4.12. The van der Waals surface area contributed by atoms with E-state index in [4.69, 9.17) is 4.52 Å². The number of aryl methyl sites for hydroxylation is 1. The summed E-state index contributed by atoms with van der Waals surface area (Å²) in [4.78, 5) is 5.35. The van der Waals surface area contributed by atoms with Gasteiger partial charge in [-0.15, -0.1) is 11.3 Å². The van der Waals surface area contributed by atoms with E-state index >= 15 is 0 Å². The van der Waals surface area contributed by atoms with Crippen LogP contribution in [0.15, 0.2) is 14.4 Å². The summed E-state index contributed by atoms with van der Waals surface area (Å²) in [6.45, 7) is 6.84. The van der Waals surface area contributed by atoms with E-state index in [9.17, 15) is 0 Å². The van der Waals surface area contributed by atoms with Crippen LogP contribution in [0.3, 0.4) is 0 Å². The maximum atomic E-state index is 5.24. The number of rotatable bonds is 4. The highest BCUT2D eigenvalue weighted by atomic mass is 79.9. The molecule has 0 aliphatic rings. The lowest BCUT2D eigenvalue weighted by molar-refractivity contribution is 0.418. The van der Waals surface area contributed by atoms with E-state index in [1.807, 2.05) is 13.0 Å². The van der Waals surface area contributed by atoms with Crippen LogP contribution in [0.5, 0.6) is 0 Å². The van der Waals surface area contributed by atoms with Gasteiger partial charge in [-0.2, -0.15) is 4.98 Å². The second-order valence-corrected chi connectivity index (χ2v) is 6.49. The summed E-state index contributed by atoms with van der Waals surface area (Å²) >= 11 is 5.09. The average Bonchev–Trinajstić information content (AvgIpc) is 2.84. The highest BCUT2D eigenvalue weighted by Gasteiger charge is 2.12. The van der Waals surface area contributed by atoms with Crippen LogP contribution in [0, 0.1) is 6.92 Å². The van der Waals surface area contributed by atoms with Crippen molar-refractivity contribution < 1.29 is 4.52 Å². The van der Waals surface area contributed by atoms with Crippen LogP contribution in [0.1, 0.15) is 25.2 Å². The first kappa shape index (κ1) is 12.7. The first-order chi connectivity index (χ1) is 8.06. The van der Waals surface area contributed by atoms with Gasteiger partial charge in [0.15, 0.2) is 5.82 Å². The van der Waals surface area contributed by atoms with Crippen molar-refractivity contribution in [1.82, 2.24) is 15.5 Å². The number of hydrogen-bond acceptors (Lipinski definition) is 5. The third kappa shape index (κ3) is 3.14. The summed E-state index contributed by atoms with van der Waals surface area (Å²) in [5, 5.41) is 7.20. The molecule has 0 atom stereocenters. The second kappa shape index (κ2) is 5.29. The van der Waals surface area contributed by atoms with Crippen molar-refractivity contribution in [2.24, 2.45) is 0 Å². The molecular formula is C11H14BrN3OS. The Kier molecular flexibility index (Phi) is 3.96. The van der Waals surface area contributed by atoms with Crippen molar-refractivity contribution in [3.8, 4) is 10.8 Å². The third-order valence-electron chi connectivity index (χ3n) is 2.20. The van der Waals surface area contributed by atoms with Crippen LogP contribution in [-0.2, 0) is 6.54 Å². The summed E-state index contributed by atoms with van der Waals surface area (Å²) in [5.41, 5.74) is 1.19. The Morgan fingerprint density at radius 2 is 2.29 bits per heavy atom.